The quantitative estimate of drug-likeness (QED) is 0.838. The highest BCUT2D eigenvalue weighted by Crippen LogP contribution is 2.28. The molecule has 0 amide bonds. The lowest BCUT2D eigenvalue weighted by Gasteiger charge is -2.28. The molecular formula is C15H19ClN2O. The highest BCUT2D eigenvalue weighted by molar-refractivity contribution is 6.18. The van der Waals surface area contributed by atoms with Crippen LogP contribution in [0.2, 0.25) is 0 Å². The largest absolute Gasteiger partial charge is 0.497 e. The summed E-state index contributed by atoms with van der Waals surface area (Å²) in [6.07, 6.45) is 2.74. The fourth-order valence-corrected chi connectivity index (χ4v) is 2.14. The molecule has 0 aliphatic carbocycles. The number of nitrogens with zero attached hydrogens (tertiary/aromatic N) is 1. The Kier molecular flexibility index (Phi) is 4.15. The second-order valence-electron chi connectivity index (χ2n) is 4.92. The SMILES string of the molecule is CCC(C)(CCl)Nc1nccc2cc(OC)ccc12. The van der Waals surface area contributed by atoms with Crippen molar-refractivity contribution >= 4 is 28.2 Å². The smallest absolute Gasteiger partial charge is 0.134 e. The normalized spacial score (nSPS) is 14.1. The van der Waals surface area contributed by atoms with E-state index in [0.29, 0.717) is 5.88 Å². The number of hydrogen-bond acceptors (Lipinski definition) is 3. The standard InChI is InChI=1S/C15H19ClN2O/c1-4-15(2,10-16)18-14-13-6-5-12(19-3)9-11(13)7-8-17-14/h5-9H,4,10H2,1-3H3,(H,17,18). The molecule has 0 aliphatic heterocycles. The molecule has 0 fully saturated rings. The summed E-state index contributed by atoms with van der Waals surface area (Å²) >= 11 is 6.05. The zero-order valence-corrected chi connectivity index (χ0v) is 12.3. The fourth-order valence-electron chi connectivity index (χ4n) is 1.88. The summed E-state index contributed by atoms with van der Waals surface area (Å²) in [6, 6.07) is 7.95. The van der Waals surface area contributed by atoms with Gasteiger partial charge in [-0.2, -0.15) is 0 Å². The maximum Gasteiger partial charge on any atom is 0.134 e. The van der Waals surface area contributed by atoms with Gasteiger partial charge in [-0.3, -0.25) is 0 Å². The van der Waals surface area contributed by atoms with Crippen LogP contribution in [0.15, 0.2) is 30.5 Å². The number of benzene rings is 1. The number of anilines is 1. The third-order valence-corrected chi connectivity index (χ3v) is 4.06. The highest BCUT2D eigenvalue weighted by atomic mass is 35.5. The van der Waals surface area contributed by atoms with Crippen molar-refractivity contribution < 1.29 is 4.74 Å². The number of methoxy groups -OCH3 is 1. The van der Waals surface area contributed by atoms with Gasteiger partial charge >= 0.3 is 0 Å². The van der Waals surface area contributed by atoms with E-state index in [4.69, 9.17) is 16.3 Å². The molecule has 1 aromatic heterocycles. The molecule has 1 atom stereocenters. The van der Waals surface area contributed by atoms with E-state index in [2.05, 4.69) is 24.1 Å². The Morgan fingerprint density at radius 3 is 2.79 bits per heavy atom. The predicted molar refractivity (Wildman–Crippen MR) is 81.3 cm³/mol. The van der Waals surface area contributed by atoms with Crippen molar-refractivity contribution in [3.05, 3.63) is 30.5 Å². The predicted octanol–water partition coefficient (Wildman–Crippen LogP) is 4.06. The molecule has 0 saturated heterocycles. The van der Waals surface area contributed by atoms with E-state index in [0.717, 1.165) is 28.8 Å². The Morgan fingerprint density at radius 2 is 2.16 bits per heavy atom. The number of aromatic nitrogens is 1. The second kappa shape index (κ2) is 5.66. The second-order valence-corrected chi connectivity index (χ2v) is 5.19. The summed E-state index contributed by atoms with van der Waals surface area (Å²) in [7, 11) is 1.67. The minimum Gasteiger partial charge on any atom is -0.497 e. The monoisotopic (exact) mass is 278 g/mol. The van der Waals surface area contributed by atoms with Crippen molar-refractivity contribution in [3.8, 4) is 5.75 Å². The number of fused-ring (bicyclic) bond motifs is 1. The van der Waals surface area contributed by atoms with Gasteiger partial charge in [0, 0.05) is 23.0 Å². The lowest BCUT2D eigenvalue weighted by molar-refractivity contribution is 0.415. The van der Waals surface area contributed by atoms with Gasteiger partial charge in [-0.1, -0.05) is 6.92 Å². The minimum absolute atomic E-state index is 0.150. The van der Waals surface area contributed by atoms with Gasteiger partial charge < -0.3 is 10.1 Å². The van der Waals surface area contributed by atoms with Crippen LogP contribution in [0.25, 0.3) is 10.8 Å². The maximum absolute atomic E-state index is 6.05. The van der Waals surface area contributed by atoms with Crippen LogP contribution in [0.3, 0.4) is 0 Å². The van der Waals surface area contributed by atoms with Crippen LogP contribution < -0.4 is 10.1 Å². The van der Waals surface area contributed by atoms with E-state index in [1.165, 1.54) is 0 Å². The number of ether oxygens (including phenoxy) is 1. The van der Waals surface area contributed by atoms with Gasteiger partial charge in [-0.15, -0.1) is 11.6 Å². The summed E-state index contributed by atoms with van der Waals surface area (Å²) in [5.74, 6) is 2.25. The van der Waals surface area contributed by atoms with Gasteiger partial charge in [-0.25, -0.2) is 4.98 Å². The Balaban J connectivity index is 2.44. The van der Waals surface area contributed by atoms with E-state index in [-0.39, 0.29) is 5.54 Å². The molecule has 1 N–H and O–H groups in total. The van der Waals surface area contributed by atoms with Gasteiger partial charge in [0.05, 0.1) is 7.11 Å². The zero-order valence-electron chi connectivity index (χ0n) is 11.5. The number of alkyl halides is 1. The van der Waals surface area contributed by atoms with Crippen molar-refractivity contribution in [2.75, 3.05) is 18.3 Å². The number of rotatable bonds is 5. The molecule has 3 nitrogen and oxygen atoms in total. The highest BCUT2D eigenvalue weighted by Gasteiger charge is 2.21. The zero-order chi connectivity index (χ0) is 13.9. The molecule has 2 aromatic rings. The van der Waals surface area contributed by atoms with E-state index in [9.17, 15) is 0 Å². The Morgan fingerprint density at radius 1 is 1.37 bits per heavy atom. The fraction of sp³-hybridized carbons (Fsp3) is 0.400. The van der Waals surface area contributed by atoms with Crippen molar-refractivity contribution in [3.63, 3.8) is 0 Å². The van der Waals surface area contributed by atoms with Crippen LogP contribution in [0.5, 0.6) is 5.75 Å². The van der Waals surface area contributed by atoms with Gasteiger partial charge in [0.2, 0.25) is 0 Å². The summed E-state index contributed by atoms with van der Waals surface area (Å²) in [6.45, 7) is 4.22. The van der Waals surface area contributed by atoms with Gasteiger partial charge in [-0.05, 0) is 43.0 Å². The van der Waals surface area contributed by atoms with Crippen LogP contribution in [0.1, 0.15) is 20.3 Å². The Labute approximate surface area is 118 Å². The van der Waals surface area contributed by atoms with Crippen LogP contribution >= 0.6 is 11.6 Å². The molecule has 2 rings (SSSR count). The summed E-state index contributed by atoms with van der Waals surface area (Å²) in [4.78, 5) is 4.43. The molecule has 4 heteroatoms. The first-order chi connectivity index (χ1) is 9.11. The lowest BCUT2D eigenvalue weighted by Crippen LogP contribution is -2.36. The van der Waals surface area contributed by atoms with E-state index >= 15 is 0 Å². The molecule has 0 radical (unpaired) electrons. The molecule has 1 unspecified atom stereocenters. The first kappa shape index (κ1) is 13.9. The van der Waals surface area contributed by atoms with E-state index < -0.39 is 0 Å². The summed E-state index contributed by atoms with van der Waals surface area (Å²) < 4.78 is 5.24. The molecular weight excluding hydrogens is 260 g/mol. The third kappa shape index (κ3) is 2.92. The topological polar surface area (TPSA) is 34.2 Å². The van der Waals surface area contributed by atoms with Crippen molar-refractivity contribution in [2.45, 2.75) is 25.8 Å². The van der Waals surface area contributed by atoms with Crippen LogP contribution in [-0.2, 0) is 0 Å². The number of pyridine rings is 1. The maximum atomic E-state index is 6.05. The third-order valence-electron chi connectivity index (χ3n) is 3.47. The average molecular weight is 279 g/mol. The minimum atomic E-state index is -0.150. The molecule has 102 valence electrons. The Hall–Kier alpha value is -1.48. The van der Waals surface area contributed by atoms with Gasteiger partial charge in [0.25, 0.3) is 0 Å². The molecule has 19 heavy (non-hydrogen) atoms. The molecule has 0 saturated carbocycles. The molecule has 0 bridgehead atoms. The average Bonchev–Trinajstić information content (AvgIpc) is 2.46. The van der Waals surface area contributed by atoms with Crippen molar-refractivity contribution in [1.82, 2.24) is 4.98 Å². The number of hydrogen-bond donors (Lipinski definition) is 1. The van der Waals surface area contributed by atoms with Gasteiger partial charge in [0.15, 0.2) is 0 Å². The van der Waals surface area contributed by atoms with E-state index in [1.54, 1.807) is 13.3 Å². The first-order valence-electron chi connectivity index (χ1n) is 6.39. The number of nitrogens with one attached hydrogen (secondary N) is 1. The molecule has 1 heterocycles. The summed E-state index contributed by atoms with van der Waals surface area (Å²) in [5, 5.41) is 5.63. The van der Waals surface area contributed by atoms with E-state index in [1.807, 2.05) is 24.3 Å². The van der Waals surface area contributed by atoms with Crippen LogP contribution in [0.4, 0.5) is 5.82 Å². The summed E-state index contributed by atoms with van der Waals surface area (Å²) in [5.41, 5.74) is -0.150. The van der Waals surface area contributed by atoms with Crippen molar-refractivity contribution in [2.24, 2.45) is 0 Å². The molecule has 0 spiro atoms. The number of halogens is 1. The lowest BCUT2D eigenvalue weighted by atomic mass is 10.0. The van der Waals surface area contributed by atoms with Crippen molar-refractivity contribution in [1.29, 1.82) is 0 Å². The molecule has 1 aromatic carbocycles. The first-order valence-corrected chi connectivity index (χ1v) is 6.92. The Bertz CT molecular complexity index is 567. The van der Waals surface area contributed by atoms with Crippen LogP contribution in [0, 0.1) is 0 Å². The van der Waals surface area contributed by atoms with Gasteiger partial charge in [0.1, 0.15) is 11.6 Å². The van der Waals surface area contributed by atoms with Crippen LogP contribution in [-0.4, -0.2) is 23.5 Å². The molecule has 0 aliphatic rings.